The molecule has 7 atom stereocenters. The Balaban J connectivity index is 1.36. The van der Waals surface area contributed by atoms with Gasteiger partial charge in [-0.15, -0.1) is 0 Å². The lowest BCUT2D eigenvalue weighted by Gasteiger charge is -2.70. The van der Waals surface area contributed by atoms with Crippen LogP contribution in [0.1, 0.15) is 111 Å². The Bertz CT molecular complexity index is 1410. The van der Waals surface area contributed by atoms with Gasteiger partial charge in [0.25, 0.3) is 0 Å². The first-order valence-corrected chi connectivity index (χ1v) is 15.8. The number of allylic oxidation sites excluding steroid dienone is 2. The fourth-order valence-corrected chi connectivity index (χ4v) is 12.0. The van der Waals surface area contributed by atoms with Crippen LogP contribution in [0, 0.1) is 44.8 Å². The summed E-state index contributed by atoms with van der Waals surface area (Å²) in [6.45, 7) is 17.8. The van der Waals surface area contributed by atoms with E-state index in [1.165, 1.54) is 35.9 Å². The van der Waals surface area contributed by atoms with Crippen LogP contribution in [0.15, 0.2) is 35.9 Å². The zero-order chi connectivity index (χ0) is 27.8. The molecule has 2 aromatic rings. The van der Waals surface area contributed by atoms with Crippen molar-refractivity contribution in [2.24, 2.45) is 50.6 Å². The van der Waals surface area contributed by atoms with E-state index in [4.69, 9.17) is 5.73 Å². The van der Waals surface area contributed by atoms with Gasteiger partial charge in [-0.3, -0.25) is 4.79 Å². The Morgan fingerprint density at radius 1 is 0.923 bits per heavy atom. The highest BCUT2D eigenvalue weighted by atomic mass is 16.1. The van der Waals surface area contributed by atoms with Crippen molar-refractivity contribution in [3.8, 4) is 0 Å². The monoisotopic (exact) mass is 526 g/mol. The number of nitrogens with one attached hydrogen (secondary N) is 1. The Kier molecular flexibility index (Phi) is 5.06. The maximum Gasteiger partial charge on any atom is 0.224 e. The van der Waals surface area contributed by atoms with Gasteiger partial charge in [0, 0.05) is 22.0 Å². The summed E-state index contributed by atoms with van der Waals surface area (Å²) in [6, 6.07) is 8.97. The number of carbonyl (C=O) groups is 1. The van der Waals surface area contributed by atoms with Crippen LogP contribution in [0.4, 0.5) is 0 Å². The molecule has 3 nitrogen and oxygen atoms in total. The van der Waals surface area contributed by atoms with Crippen LogP contribution in [-0.4, -0.2) is 10.9 Å². The summed E-state index contributed by atoms with van der Waals surface area (Å²) in [4.78, 5) is 17.1. The van der Waals surface area contributed by atoms with Gasteiger partial charge in [0.2, 0.25) is 5.91 Å². The summed E-state index contributed by atoms with van der Waals surface area (Å²) in [6.07, 6.45) is 12.8. The molecule has 1 amide bonds. The SMILES string of the molecule is CC1(C)CC[C@]2(C(N)=O)CC[C@]3(C)C(=CC[C@@H]4[C@@]5(C)Cc6c([nH]c7ccccc67)C(C)(C)[C@@H]5CC[C@]43C)[C@@H]2C1. The lowest BCUT2D eigenvalue weighted by molar-refractivity contribution is -0.166. The highest BCUT2D eigenvalue weighted by Crippen LogP contribution is 2.75. The van der Waals surface area contributed by atoms with Crippen molar-refractivity contribution in [1.82, 2.24) is 4.98 Å². The number of aromatic nitrogens is 1. The Labute approximate surface area is 235 Å². The number of nitrogens with two attached hydrogens (primary N) is 1. The van der Waals surface area contributed by atoms with Gasteiger partial charge in [0.05, 0.1) is 5.41 Å². The third-order valence-corrected chi connectivity index (χ3v) is 14.3. The Morgan fingerprint density at radius 2 is 1.64 bits per heavy atom. The van der Waals surface area contributed by atoms with E-state index in [0.717, 1.165) is 38.5 Å². The molecule has 3 saturated carbocycles. The zero-order valence-electron chi connectivity index (χ0n) is 25.5. The number of benzene rings is 1. The molecule has 0 aliphatic heterocycles. The van der Waals surface area contributed by atoms with Crippen LogP contribution in [-0.2, 0) is 16.6 Å². The summed E-state index contributed by atoms with van der Waals surface area (Å²) in [5, 5.41) is 1.43. The quantitative estimate of drug-likeness (QED) is 0.360. The van der Waals surface area contributed by atoms with E-state index < -0.39 is 0 Å². The van der Waals surface area contributed by atoms with E-state index in [1.54, 1.807) is 11.1 Å². The number of rotatable bonds is 1. The van der Waals surface area contributed by atoms with Crippen LogP contribution in [0.25, 0.3) is 10.9 Å². The normalized spacial score (nSPS) is 43.8. The van der Waals surface area contributed by atoms with Crippen LogP contribution in [0.5, 0.6) is 0 Å². The largest absolute Gasteiger partial charge is 0.369 e. The van der Waals surface area contributed by atoms with Gasteiger partial charge in [-0.2, -0.15) is 0 Å². The third kappa shape index (κ3) is 3.03. The topological polar surface area (TPSA) is 58.9 Å². The average Bonchev–Trinajstić information content (AvgIpc) is 3.23. The Morgan fingerprint density at radius 3 is 2.38 bits per heavy atom. The first-order chi connectivity index (χ1) is 18.2. The molecule has 0 radical (unpaired) electrons. The maximum absolute atomic E-state index is 13.2. The van der Waals surface area contributed by atoms with Crippen molar-refractivity contribution in [3.63, 3.8) is 0 Å². The van der Waals surface area contributed by atoms with E-state index in [0.29, 0.717) is 17.8 Å². The highest BCUT2D eigenvalue weighted by molar-refractivity contribution is 5.85. The summed E-state index contributed by atoms with van der Waals surface area (Å²) in [5.74, 6) is 1.57. The number of hydrogen-bond donors (Lipinski definition) is 2. The molecule has 3 heteroatoms. The molecular weight excluding hydrogens is 476 g/mol. The first-order valence-electron chi connectivity index (χ1n) is 15.8. The third-order valence-electron chi connectivity index (χ3n) is 14.3. The lowest BCUT2D eigenvalue weighted by Crippen LogP contribution is -2.65. The molecule has 3 N–H and O–H groups in total. The van der Waals surface area contributed by atoms with Crippen molar-refractivity contribution in [2.75, 3.05) is 0 Å². The number of carbonyl (C=O) groups excluding carboxylic acids is 1. The van der Waals surface area contributed by atoms with Crippen molar-refractivity contribution in [3.05, 3.63) is 47.2 Å². The molecule has 39 heavy (non-hydrogen) atoms. The number of fused-ring (bicyclic) bond motifs is 10. The number of amides is 1. The molecule has 210 valence electrons. The minimum atomic E-state index is -0.336. The van der Waals surface area contributed by atoms with Crippen LogP contribution in [0.2, 0.25) is 0 Å². The van der Waals surface area contributed by atoms with Gasteiger partial charge in [0.15, 0.2) is 0 Å². The molecule has 7 rings (SSSR count). The molecule has 3 fully saturated rings. The molecule has 0 spiro atoms. The van der Waals surface area contributed by atoms with Gasteiger partial charge in [-0.25, -0.2) is 0 Å². The van der Waals surface area contributed by atoms with Gasteiger partial charge >= 0.3 is 0 Å². The number of hydrogen-bond acceptors (Lipinski definition) is 1. The molecule has 1 heterocycles. The van der Waals surface area contributed by atoms with Gasteiger partial charge < -0.3 is 10.7 Å². The van der Waals surface area contributed by atoms with E-state index in [1.807, 2.05) is 0 Å². The maximum atomic E-state index is 13.2. The molecule has 1 aromatic heterocycles. The predicted molar refractivity (Wildman–Crippen MR) is 160 cm³/mol. The van der Waals surface area contributed by atoms with Gasteiger partial charge in [-0.05, 0) is 109 Å². The standard InChI is InChI=1S/C36H50N2O/c1-31(2)16-18-36(30(37)39)19-17-34(6)24(25(36)21-31)12-13-28-33(5)20-23-22-10-8-9-11-26(22)38-29(23)32(3,4)27(33)14-15-35(28,34)7/h8-12,25,27-28,38H,13-21H2,1-7H3,(H2,37,39)/t25-,27-,28+,33-,34+,35+,36-/m0/s1. The van der Waals surface area contributed by atoms with Crippen LogP contribution < -0.4 is 5.73 Å². The van der Waals surface area contributed by atoms with Crippen molar-refractivity contribution in [2.45, 2.75) is 112 Å². The van der Waals surface area contributed by atoms with Crippen molar-refractivity contribution in [1.29, 1.82) is 0 Å². The van der Waals surface area contributed by atoms with Gasteiger partial charge in [0.1, 0.15) is 0 Å². The van der Waals surface area contributed by atoms with Crippen LogP contribution >= 0.6 is 0 Å². The molecule has 5 aliphatic carbocycles. The lowest BCUT2D eigenvalue weighted by atomic mass is 9.33. The molecule has 0 bridgehead atoms. The molecule has 0 unspecified atom stereocenters. The van der Waals surface area contributed by atoms with E-state index >= 15 is 0 Å². The van der Waals surface area contributed by atoms with Gasteiger partial charge in [-0.1, -0.05) is 78.3 Å². The predicted octanol–water partition coefficient (Wildman–Crippen LogP) is 8.47. The smallest absolute Gasteiger partial charge is 0.224 e. The van der Waals surface area contributed by atoms with E-state index in [2.05, 4.69) is 83.8 Å². The number of primary amides is 1. The molecular formula is C36H50N2O. The zero-order valence-corrected chi connectivity index (χ0v) is 25.5. The summed E-state index contributed by atoms with van der Waals surface area (Å²) in [7, 11) is 0. The molecule has 1 aromatic carbocycles. The minimum absolute atomic E-state index is 0.0326. The fourth-order valence-electron chi connectivity index (χ4n) is 12.0. The Hall–Kier alpha value is -2.03. The first kappa shape index (κ1) is 25.9. The summed E-state index contributed by atoms with van der Waals surface area (Å²) < 4.78 is 0. The summed E-state index contributed by atoms with van der Waals surface area (Å²) in [5.41, 5.74) is 12.9. The molecule has 5 aliphatic rings. The number of aromatic amines is 1. The van der Waals surface area contributed by atoms with Crippen molar-refractivity contribution < 1.29 is 4.79 Å². The van der Waals surface area contributed by atoms with Crippen LogP contribution in [0.3, 0.4) is 0 Å². The average molecular weight is 527 g/mol. The molecule has 0 saturated heterocycles. The van der Waals surface area contributed by atoms with E-state index in [-0.39, 0.29) is 38.4 Å². The minimum Gasteiger partial charge on any atom is -0.369 e. The van der Waals surface area contributed by atoms with E-state index in [9.17, 15) is 4.79 Å². The second-order valence-electron chi connectivity index (χ2n) is 16.7. The number of para-hydroxylation sites is 1. The number of H-pyrrole nitrogens is 1. The van der Waals surface area contributed by atoms with Crippen molar-refractivity contribution >= 4 is 16.8 Å². The highest BCUT2D eigenvalue weighted by Gasteiger charge is 2.69. The fraction of sp³-hybridized carbons (Fsp3) is 0.694. The second kappa shape index (κ2) is 7.62. The summed E-state index contributed by atoms with van der Waals surface area (Å²) >= 11 is 0. The second-order valence-corrected chi connectivity index (χ2v) is 16.7.